The fraction of sp³-hybridized carbons (Fsp3) is 0.600. The second-order valence-electron chi connectivity index (χ2n) is 10.2. The predicted molar refractivity (Wildman–Crippen MR) is 141 cm³/mol. The second kappa shape index (κ2) is 13.5. The third-order valence-electron chi connectivity index (χ3n) is 6.44. The normalized spacial score (nSPS) is 17.4. The van der Waals surface area contributed by atoms with Crippen LogP contribution in [0.25, 0.3) is 0 Å². The topological polar surface area (TPSA) is 72.8 Å². The summed E-state index contributed by atoms with van der Waals surface area (Å²) in [4.78, 5) is 25.5. The van der Waals surface area contributed by atoms with Gasteiger partial charge in [0, 0.05) is 12.0 Å². The Morgan fingerprint density at radius 2 is 1.74 bits per heavy atom. The van der Waals surface area contributed by atoms with E-state index in [0.29, 0.717) is 36.1 Å². The Balaban J connectivity index is 2.51. The number of carbonyl (C=O) groups is 2. The highest BCUT2D eigenvalue weighted by atomic mass is 16.7. The summed E-state index contributed by atoms with van der Waals surface area (Å²) in [5.74, 6) is -1.36. The number of allylic oxidation sites excluding steroid dienone is 4. The minimum atomic E-state index is -1.32. The molecule has 1 atom stereocenters. The van der Waals surface area contributed by atoms with Crippen LogP contribution in [0.15, 0.2) is 29.4 Å². The predicted octanol–water partition coefficient (Wildman–Crippen LogP) is 7.77. The molecule has 194 valence electrons. The summed E-state index contributed by atoms with van der Waals surface area (Å²) in [5.41, 5.74) is 4.24. The fourth-order valence-electron chi connectivity index (χ4n) is 4.52. The fourth-order valence-corrected chi connectivity index (χ4v) is 4.52. The lowest BCUT2D eigenvalue weighted by atomic mass is 9.92. The number of aromatic hydroxyl groups is 1. The Morgan fingerprint density at radius 3 is 2.37 bits per heavy atom. The van der Waals surface area contributed by atoms with E-state index in [1.807, 2.05) is 6.92 Å². The molecule has 1 aliphatic rings. The van der Waals surface area contributed by atoms with Gasteiger partial charge in [-0.2, -0.15) is 0 Å². The van der Waals surface area contributed by atoms with E-state index in [1.165, 1.54) is 18.1 Å². The van der Waals surface area contributed by atoms with Gasteiger partial charge >= 0.3 is 5.97 Å². The SMILES string of the molecule is CCCCCc1cc(O)c(C/C=C(\C)CCC=C(C)C)c2c1C(=O)OC(CCCC)(CC(C)=O)O2. The van der Waals surface area contributed by atoms with Crippen LogP contribution in [0.4, 0.5) is 0 Å². The zero-order chi connectivity index (χ0) is 26.0. The zero-order valence-electron chi connectivity index (χ0n) is 22.6. The van der Waals surface area contributed by atoms with E-state index in [-0.39, 0.29) is 18.0 Å². The first-order valence-electron chi connectivity index (χ1n) is 13.2. The molecule has 5 heteroatoms. The van der Waals surface area contributed by atoms with Crippen molar-refractivity contribution in [1.82, 2.24) is 0 Å². The third-order valence-corrected chi connectivity index (χ3v) is 6.44. The zero-order valence-corrected chi connectivity index (χ0v) is 22.6. The number of aryl methyl sites for hydroxylation is 1. The highest BCUT2D eigenvalue weighted by Crippen LogP contribution is 2.44. The van der Waals surface area contributed by atoms with Gasteiger partial charge in [-0.15, -0.1) is 0 Å². The smallest absolute Gasteiger partial charge is 0.345 e. The van der Waals surface area contributed by atoms with Crippen molar-refractivity contribution in [3.63, 3.8) is 0 Å². The molecule has 0 fully saturated rings. The second-order valence-corrected chi connectivity index (χ2v) is 10.2. The van der Waals surface area contributed by atoms with Crippen molar-refractivity contribution in [3.8, 4) is 11.5 Å². The van der Waals surface area contributed by atoms with Crippen LogP contribution in [0, 0.1) is 0 Å². The van der Waals surface area contributed by atoms with Crippen molar-refractivity contribution in [2.24, 2.45) is 0 Å². The van der Waals surface area contributed by atoms with Gasteiger partial charge in [-0.25, -0.2) is 4.79 Å². The molecule has 1 aliphatic heterocycles. The first kappa shape index (κ1) is 28.7. The van der Waals surface area contributed by atoms with Crippen LogP contribution >= 0.6 is 0 Å². The molecule has 2 rings (SSSR count). The van der Waals surface area contributed by atoms with Crippen molar-refractivity contribution in [2.45, 2.75) is 118 Å². The number of unbranched alkanes of at least 4 members (excludes halogenated alkanes) is 3. The standard InChI is InChI=1S/C30H44O5/c1-7-9-11-15-24-19-26(32)25(17-16-22(5)14-12-13-21(3)4)28-27(24)29(33)35-30(34-28,18-10-8-2)20-23(6)31/h13,16,19,32H,7-12,14-15,17-18,20H2,1-6H3/b22-16+. The Hall–Kier alpha value is -2.56. The Labute approximate surface area is 211 Å². The lowest BCUT2D eigenvalue weighted by Gasteiger charge is -2.39. The average Bonchev–Trinajstić information content (AvgIpc) is 2.76. The maximum atomic E-state index is 13.4. The van der Waals surface area contributed by atoms with Crippen LogP contribution in [0.3, 0.4) is 0 Å². The molecule has 1 aromatic carbocycles. The number of carbonyl (C=O) groups excluding carboxylic acids is 2. The summed E-state index contributed by atoms with van der Waals surface area (Å²) in [7, 11) is 0. The monoisotopic (exact) mass is 484 g/mol. The van der Waals surface area contributed by atoms with Gasteiger partial charge < -0.3 is 14.6 Å². The number of Topliss-reactive ketones (excluding diaryl/α,β-unsaturated/α-hetero) is 1. The van der Waals surface area contributed by atoms with E-state index in [2.05, 4.69) is 39.8 Å². The Kier molecular flexibility index (Phi) is 11.1. The van der Waals surface area contributed by atoms with Gasteiger partial charge in [0.05, 0.1) is 6.42 Å². The first-order valence-corrected chi connectivity index (χ1v) is 13.2. The molecular formula is C30H44O5. The molecule has 0 aromatic heterocycles. The molecule has 5 nitrogen and oxygen atoms in total. The number of phenolic OH excluding ortho intramolecular Hbond substituents is 1. The van der Waals surface area contributed by atoms with Crippen LogP contribution in [-0.4, -0.2) is 22.6 Å². The summed E-state index contributed by atoms with van der Waals surface area (Å²) in [6.07, 6.45) is 12.4. The Bertz CT molecular complexity index is 952. The van der Waals surface area contributed by atoms with Crippen LogP contribution in [0.1, 0.15) is 121 Å². The molecule has 0 spiro atoms. The van der Waals surface area contributed by atoms with Gasteiger partial charge in [0.15, 0.2) is 0 Å². The molecule has 0 saturated heterocycles. The van der Waals surface area contributed by atoms with E-state index in [1.54, 1.807) is 6.07 Å². The largest absolute Gasteiger partial charge is 0.508 e. The van der Waals surface area contributed by atoms with Crippen LogP contribution in [-0.2, 0) is 22.4 Å². The number of hydrogen-bond donors (Lipinski definition) is 1. The Morgan fingerprint density at radius 1 is 1.03 bits per heavy atom. The first-order chi connectivity index (χ1) is 16.6. The van der Waals surface area contributed by atoms with E-state index in [4.69, 9.17) is 9.47 Å². The lowest BCUT2D eigenvalue weighted by molar-refractivity contribution is -0.169. The molecule has 1 heterocycles. The van der Waals surface area contributed by atoms with E-state index in [0.717, 1.165) is 50.5 Å². The number of ketones is 1. The highest BCUT2D eigenvalue weighted by Gasteiger charge is 2.45. The number of rotatable bonds is 14. The van der Waals surface area contributed by atoms with E-state index in [9.17, 15) is 14.7 Å². The number of hydrogen-bond acceptors (Lipinski definition) is 5. The highest BCUT2D eigenvalue weighted by molar-refractivity contribution is 5.97. The van der Waals surface area contributed by atoms with Gasteiger partial charge in [-0.1, -0.05) is 56.4 Å². The molecule has 35 heavy (non-hydrogen) atoms. The summed E-state index contributed by atoms with van der Waals surface area (Å²) in [5, 5.41) is 11.0. The maximum Gasteiger partial charge on any atom is 0.345 e. The number of fused-ring (bicyclic) bond motifs is 1. The molecule has 0 saturated carbocycles. The number of esters is 1. The summed E-state index contributed by atoms with van der Waals surface area (Å²) in [6.45, 7) is 11.9. The number of ether oxygens (including phenoxy) is 2. The molecule has 1 N–H and O–H groups in total. The van der Waals surface area contributed by atoms with Crippen molar-refractivity contribution >= 4 is 11.8 Å². The van der Waals surface area contributed by atoms with Crippen molar-refractivity contribution in [2.75, 3.05) is 0 Å². The number of cyclic esters (lactones) is 1. The van der Waals surface area contributed by atoms with Crippen molar-refractivity contribution in [1.29, 1.82) is 0 Å². The lowest BCUT2D eigenvalue weighted by Crippen LogP contribution is -2.46. The summed E-state index contributed by atoms with van der Waals surface area (Å²) >= 11 is 0. The van der Waals surface area contributed by atoms with Crippen LogP contribution in [0.5, 0.6) is 11.5 Å². The molecular weight excluding hydrogens is 440 g/mol. The number of benzene rings is 1. The maximum absolute atomic E-state index is 13.4. The summed E-state index contributed by atoms with van der Waals surface area (Å²) in [6, 6.07) is 1.70. The van der Waals surface area contributed by atoms with Crippen molar-refractivity contribution < 1.29 is 24.2 Å². The summed E-state index contributed by atoms with van der Waals surface area (Å²) < 4.78 is 12.3. The van der Waals surface area contributed by atoms with Gasteiger partial charge in [0.1, 0.15) is 22.8 Å². The van der Waals surface area contributed by atoms with E-state index >= 15 is 0 Å². The van der Waals surface area contributed by atoms with Crippen LogP contribution < -0.4 is 4.74 Å². The quantitative estimate of drug-likeness (QED) is 0.166. The molecule has 1 unspecified atom stereocenters. The molecule has 0 aliphatic carbocycles. The molecule has 0 radical (unpaired) electrons. The third kappa shape index (κ3) is 8.26. The minimum absolute atomic E-state index is 0.00395. The van der Waals surface area contributed by atoms with Gasteiger partial charge in [-0.05, 0) is 77.8 Å². The van der Waals surface area contributed by atoms with Gasteiger partial charge in [0.25, 0.3) is 5.79 Å². The molecule has 0 bridgehead atoms. The van der Waals surface area contributed by atoms with Crippen LogP contribution in [0.2, 0.25) is 0 Å². The average molecular weight is 485 g/mol. The number of phenols is 1. The van der Waals surface area contributed by atoms with Gasteiger partial charge in [0.2, 0.25) is 0 Å². The van der Waals surface area contributed by atoms with Crippen molar-refractivity contribution in [3.05, 3.63) is 46.1 Å². The van der Waals surface area contributed by atoms with Gasteiger partial charge in [-0.3, -0.25) is 4.79 Å². The molecule has 0 amide bonds. The minimum Gasteiger partial charge on any atom is -0.508 e. The molecule has 1 aromatic rings. The van der Waals surface area contributed by atoms with E-state index < -0.39 is 11.8 Å².